The maximum absolute atomic E-state index is 11.6. The number of nitrogens with zero attached hydrogens (tertiary/aromatic N) is 3. The molecule has 1 unspecified atom stereocenters. The molecule has 0 aromatic carbocycles. The highest BCUT2D eigenvalue weighted by Crippen LogP contribution is 2.21. The quantitative estimate of drug-likeness (QED) is 0.714. The van der Waals surface area contributed by atoms with E-state index in [0.29, 0.717) is 19.6 Å². The molecule has 0 saturated carbocycles. The largest absolute Gasteiger partial charge is 0.465 e. The van der Waals surface area contributed by atoms with E-state index in [2.05, 4.69) is 0 Å². The SMILES string of the molecule is CN1CCN(C2CCCCN2C(=O)O)CC1=O. The summed E-state index contributed by atoms with van der Waals surface area (Å²) in [5.41, 5.74) is 0. The highest BCUT2D eigenvalue weighted by atomic mass is 16.4. The first-order valence-electron chi connectivity index (χ1n) is 6.07. The van der Waals surface area contributed by atoms with Gasteiger partial charge in [-0.2, -0.15) is 0 Å². The van der Waals surface area contributed by atoms with Crippen LogP contribution in [-0.2, 0) is 4.79 Å². The highest BCUT2D eigenvalue weighted by Gasteiger charge is 2.34. The van der Waals surface area contributed by atoms with Gasteiger partial charge in [0, 0.05) is 26.7 Å². The number of piperazine rings is 1. The van der Waals surface area contributed by atoms with Crippen LogP contribution in [0, 0.1) is 0 Å². The molecule has 0 aromatic heterocycles. The van der Waals surface area contributed by atoms with E-state index in [-0.39, 0.29) is 12.1 Å². The number of amides is 2. The molecule has 2 rings (SSSR count). The third-order valence-corrected chi connectivity index (χ3v) is 3.63. The molecule has 0 bridgehead atoms. The first-order chi connectivity index (χ1) is 8.09. The molecule has 17 heavy (non-hydrogen) atoms. The molecular formula is C11H19N3O3. The van der Waals surface area contributed by atoms with Gasteiger partial charge in [-0.1, -0.05) is 0 Å². The van der Waals surface area contributed by atoms with E-state index in [9.17, 15) is 9.59 Å². The van der Waals surface area contributed by atoms with Gasteiger partial charge in [0.25, 0.3) is 0 Å². The van der Waals surface area contributed by atoms with Crippen molar-refractivity contribution in [3.05, 3.63) is 0 Å². The number of hydrogen-bond donors (Lipinski definition) is 1. The van der Waals surface area contributed by atoms with Gasteiger partial charge < -0.3 is 10.0 Å². The zero-order valence-corrected chi connectivity index (χ0v) is 10.1. The maximum Gasteiger partial charge on any atom is 0.408 e. The van der Waals surface area contributed by atoms with E-state index in [4.69, 9.17) is 5.11 Å². The van der Waals surface area contributed by atoms with Gasteiger partial charge in [0.15, 0.2) is 0 Å². The Balaban J connectivity index is 2.04. The van der Waals surface area contributed by atoms with Crippen molar-refractivity contribution in [2.75, 3.05) is 33.2 Å². The molecule has 1 N–H and O–H groups in total. The van der Waals surface area contributed by atoms with Crippen LogP contribution in [0.3, 0.4) is 0 Å². The van der Waals surface area contributed by atoms with E-state index in [1.807, 2.05) is 4.90 Å². The van der Waals surface area contributed by atoms with Crippen LogP contribution in [0.25, 0.3) is 0 Å². The second kappa shape index (κ2) is 4.91. The summed E-state index contributed by atoms with van der Waals surface area (Å²) in [6, 6.07) is 0. The predicted octanol–water partition coefficient (Wildman–Crippen LogP) is 0.250. The first kappa shape index (κ1) is 12.2. The van der Waals surface area contributed by atoms with Gasteiger partial charge in [-0.25, -0.2) is 4.79 Å². The molecule has 0 radical (unpaired) electrons. The number of likely N-dealkylation sites (N-methyl/N-ethyl adjacent to an activating group) is 1. The molecule has 2 fully saturated rings. The Morgan fingerprint density at radius 3 is 2.71 bits per heavy atom. The number of carboxylic acid groups (broad SMARTS) is 1. The molecule has 2 amide bonds. The number of likely N-dealkylation sites (tertiary alicyclic amines) is 1. The third-order valence-electron chi connectivity index (χ3n) is 3.63. The summed E-state index contributed by atoms with van der Waals surface area (Å²) in [7, 11) is 1.79. The molecule has 0 aromatic rings. The number of hydrogen-bond acceptors (Lipinski definition) is 3. The van der Waals surface area contributed by atoms with Gasteiger partial charge in [-0.15, -0.1) is 0 Å². The fourth-order valence-corrected chi connectivity index (χ4v) is 2.55. The van der Waals surface area contributed by atoms with E-state index in [0.717, 1.165) is 25.8 Å². The van der Waals surface area contributed by atoms with Crippen LogP contribution < -0.4 is 0 Å². The fraction of sp³-hybridized carbons (Fsp3) is 0.818. The smallest absolute Gasteiger partial charge is 0.408 e. The van der Waals surface area contributed by atoms with Crippen molar-refractivity contribution in [3.8, 4) is 0 Å². The Hall–Kier alpha value is -1.30. The Morgan fingerprint density at radius 1 is 1.29 bits per heavy atom. The van der Waals surface area contributed by atoms with Crippen molar-refractivity contribution in [2.24, 2.45) is 0 Å². The summed E-state index contributed by atoms with van der Waals surface area (Å²) < 4.78 is 0. The fourth-order valence-electron chi connectivity index (χ4n) is 2.55. The lowest BCUT2D eigenvalue weighted by atomic mass is 10.1. The van der Waals surface area contributed by atoms with Crippen LogP contribution in [0.5, 0.6) is 0 Å². The zero-order chi connectivity index (χ0) is 12.4. The molecule has 2 aliphatic rings. The summed E-state index contributed by atoms with van der Waals surface area (Å²) in [6.45, 7) is 2.37. The summed E-state index contributed by atoms with van der Waals surface area (Å²) in [5, 5.41) is 9.16. The van der Waals surface area contributed by atoms with Crippen molar-refractivity contribution in [1.82, 2.24) is 14.7 Å². The predicted molar refractivity (Wildman–Crippen MR) is 61.6 cm³/mol. The molecule has 2 aliphatic heterocycles. The topological polar surface area (TPSA) is 64.1 Å². The molecule has 2 saturated heterocycles. The minimum atomic E-state index is -0.874. The second-order valence-electron chi connectivity index (χ2n) is 4.74. The Kier molecular flexibility index (Phi) is 3.51. The normalized spacial score (nSPS) is 27.4. The van der Waals surface area contributed by atoms with Gasteiger partial charge in [0.1, 0.15) is 0 Å². The summed E-state index contributed by atoms with van der Waals surface area (Å²) in [6.07, 6.45) is 1.81. The monoisotopic (exact) mass is 241 g/mol. The van der Waals surface area contributed by atoms with Crippen LogP contribution in [-0.4, -0.2) is 71.2 Å². The Morgan fingerprint density at radius 2 is 2.06 bits per heavy atom. The average molecular weight is 241 g/mol. The first-order valence-corrected chi connectivity index (χ1v) is 6.07. The maximum atomic E-state index is 11.6. The van der Waals surface area contributed by atoms with Gasteiger partial charge >= 0.3 is 6.09 Å². The lowest BCUT2D eigenvalue weighted by Gasteiger charge is -2.43. The summed E-state index contributed by atoms with van der Waals surface area (Å²) >= 11 is 0. The number of piperidine rings is 1. The van der Waals surface area contributed by atoms with E-state index < -0.39 is 6.09 Å². The van der Waals surface area contributed by atoms with Gasteiger partial charge in [0.05, 0.1) is 12.7 Å². The molecule has 0 spiro atoms. The van der Waals surface area contributed by atoms with Crippen LogP contribution in [0.2, 0.25) is 0 Å². The summed E-state index contributed by atoms with van der Waals surface area (Å²) in [5.74, 6) is 0.0761. The lowest BCUT2D eigenvalue weighted by molar-refractivity contribution is -0.137. The summed E-state index contributed by atoms with van der Waals surface area (Å²) in [4.78, 5) is 28.0. The minimum Gasteiger partial charge on any atom is -0.465 e. The Labute approximate surface area is 101 Å². The van der Waals surface area contributed by atoms with Crippen LogP contribution >= 0.6 is 0 Å². The third kappa shape index (κ3) is 2.52. The van der Waals surface area contributed by atoms with Gasteiger partial charge in [0.2, 0.25) is 5.91 Å². The lowest BCUT2D eigenvalue weighted by Crippen LogP contribution is -2.59. The molecule has 96 valence electrons. The van der Waals surface area contributed by atoms with Crippen molar-refractivity contribution >= 4 is 12.0 Å². The number of carbonyl (C=O) groups is 2. The molecular weight excluding hydrogens is 222 g/mol. The molecule has 1 atom stereocenters. The van der Waals surface area contributed by atoms with Crippen molar-refractivity contribution < 1.29 is 14.7 Å². The van der Waals surface area contributed by atoms with Gasteiger partial charge in [-0.3, -0.25) is 14.6 Å². The Bertz CT molecular complexity index is 321. The molecule has 0 aliphatic carbocycles. The standard InChI is InChI=1S/C11H19N3O3/c1-12-6-7-13(8-10(12)15)9-4-2-3-5-14(9)11(16)17/h9H,2-8H2,1H3,(H,16,17). The molecule has 6 heteroatoms. The van der Waals surface area contributed by atoms with E-state index in [1.165, 1.54) is 4.90 Å². The van der Waals surface area contributed by atoms with Gasteiger partial charge in [-0.05, 0) is 19.3 Å². The van der Waals surface area contributed by atoms with Crippen LogP contribution in [0.15, 0.2) is 0 Å². The second-order valence-corrected chi connectivity index (χ2v) is 4.74. The number of rotatable bonds is 1. The van der Waals surface area contributed by atoms with Crippen LogP contribution in [0.4, 0.5) is 4.79 Å². The molecule has 6 nitrogen and oxygen atoms in total. The number of carbonyl (C=O) groups excluding carboxylic acids is 1. The minimum absolute atomic E-state index is 0.0761. The average Bonchev–Trinajstić information content (AvgIpc) is 2.32. The van der Waals surface area contributed by atoms with Crippen LogP contribution in [0.1, 0.15) is 19.3 Å². The zero-order valence-electron chi connectivity index (χ0n) is 10.1. The van der Waals surface area contributed by atoms with E-state index in [1.54, 1.807) is 11.9 Å². The van der Waals surface area contributed by atoms with Crippen molar-refractivity contribution in [2.45, 2.75) is 25.4 Å². The molecule has 2 heterocycles. The van der Waals surface area contributed by atoms with E-state index >= 15 is 0 Å². The van der Waals surface area contributed by atoms with Crippen molar-refractivity contribution in [1.29, 1.82) is 0 Å². The van der Waals surface area contributed by atoms with Crippen molar-refractivity contribution in [3.63, 3.8) is 0 Å². The highest BCUT2D eigenvalue weighted by molar-refractivity contribution is 5.78.